The third kappa shape index (κ3) is 4.77. The molecule has 1 aromatic rings. The molecule has 1 atom stereocenters. The summed E-state index contributed by atoms with van der Waals surface area (Å²) in [5, 5.41) is 0. The van der Waals surface area contributed by atoms with Crippen LogP contribution in [0.3, 0.4) is 0 Å². The van der Waals surface area contributed by atoms with E-state index in [9.17, 15) is 0 Å². The van der Waals surface area contributed by atoms with Crippen molar-refractivity contribution in [2.45, 2.75) is 50.9 Å². The van der Waals surface area contributed by atoms with Crippen molar-refractivity contribution in [1.29, 1.82) is 0 Å². The Morgan fingerprint density at radius 2 is 1.96 bits per heavy atom. The summed E-state index contributed by atoms with van der Waals surface area (Å²) in [5.41, 5.74) is 9.11. The fourth-order valence-electron chi connectivity index (χ4n) is 3.81. The average molecular weight is 443 g/mol. The summed E-state index contributed by atoms with van der Waals surface area (Å²) in [6.07, 6.45) is 8.70. The van der Waals surface area contributed by atoms with Crippen molar-refractivity contribution in [2.75, 3.05) is 26.7 Å². The molecule has 3 rings (SSSR count). The second-order valence-electron chi connectivity index (χ2n) is 6.75. The number of rotatable bonds is 3. The van der Waals surface area contributed by atoms with E-state index in [1.165, 1.54) is 49.7 Å². The van der Waals surface area contributed by atoms with Gasteiger partial charge in [0, 0.05) is 25.6 Å². The Labute approximate surface area is 162 Å². The van der Waals surface area contributed by atoms with E-state index in [4.69, 9.17) is 15.5 Å². The molecule has 1 aliphatic carbocycles. The minimum atomic E-state index is 0. The number of aliphatic imine (C=N–C) groups is 1. The van der Waals surface area contributed by atoms with Gasteiger partial charge < -0.3 is 15.4 Å². The highest BCUT2D eigenvalue weighted by Gasteiger charge is 2.21. The number of aryl methyl sites for hydroxylation is 1. The molecule has 1 saturated heterocycles. The molecular formula is C19H30IN3O. The number of fused-ring (bicyclic) bond motifs is 1. The van der Waals surface area contributed by atoms with Crippen LogP contribution in [0.25, 0.3) is 0 Å². The maximum Gasteiger partial charge on any atom is 0.191 e. The number of hydrogen-bond donors (Lipinski definition) is 1. The van der Waals surface area contributed by atoms with Crippen LogP contribution in [0.2, 0.25) is 0 Å². The zero-order valence-corrected chi connectivity index (χ0v) is 17.0. The van der Waals surface area contributed by atoms with E-state index in [-0.39, 0.29) is 24.0 Å². The number of hydrogen-bond acceptors (Lipinski definition) is 2. The first kappa shape index (κ1) is 19.3. The number of benzene rings is 1. The predicted molar refractivity (Wildman–Crippen MR) is 111 cm³/mol. The highest BCUT2D eigenvalue weighted by atomic mass is 127. The minimum absolute atomic E-state index is 0. The van der Waals surface area contributed by atoms with Gasteiger partial charge >= 0.3 is 0 Å². The van der Waals surface area contributed by atoms with Crippen molar-refractivity contribution in [1.82, 2.24) is 4.90 Å². The van der Waals surface area contributed by atoms with E-state index in [0.717, 1.165) is 37.8 Å². The zero-order valence-electron chi connectivity index (χ0n) is 14.7. The fourth-order valence-corrected chi connectivity index (χ4v) is 3.81. The normalized spacial score (nSPS) is 21.5. The van der Waals surface area contributed by atoms with Crippen LogP contribution in [0, 0.1) is 0 Å². The van der Waals surface area contributed by atoms with Gasteiger partial charge in [0.1, 0.15) is 5.75 Å². The molecule has 2 aliphatic rings. The molecule has 1 aliphatic heterocycles. The van der Waals surface area contributed by atoms with Gasteiger partial charge in [0.05, 0.1) is 7.11 Å². The van der Waals surface area contributed by atoms with E-state index < -0.39 is 0 Å². The third-order valence-corrected chi connectivity index (χ3v) is 5.19. The molecule has 0 saturated carbocycles. The largest absolute Gasteiger partial charge is 0.497 e. The average Bonchev–Trinajstić information content (AvgIpc) is 2.88. The van der Waals surface area contributed by atoms with Gasteiger partial charge in [-0.3, -0.25) is 4.99 Å². The van der Waals surface area contributed by atoms with Gasteiger partial charge in [-0.2, -0.15) is 0 Å². The molecule has 1 unspecified atom stereocenters. The summed E-state index contributed by atoms with van der Waals surface area (Å²) in [6, 6.07) is 6.47. The van der Waals surface area contributed by atoms with Crippen LogP contribution >= 0.6 is 24.0 Å². The smallest absolute Gasteiger partial charge is 0.191 e. The Hall–Kier alpha value is -0.980. The molecule has 1 heterocycles. The van der Waals surface area contributed by atoms with Gasteiger partial charge in [-0.05, 0) is 55.4 Å². The molecule has 2 N–H and O–H groups in total. The molecule has 1 aromatic carbocycles. The Morgan fingerprint density at radius 3 is 2.67 bits per heavy atom. The lowest BCUT2D eigenvalue weighted by Gasteiger charge is -2.26. The molecule has 0 radical (unpaired) electrons. The van der Waals surface area contributed by atoms with Crippen molar-refractivity contribution >= 4 is 29.9 Å². The molecule has 24 heavy (non-hydrogen) atoms. The summed E-state index contributed by atoms with van der Waals surface area (Å²) in [5.74, 6) is 2.19. The fraction of sp³-hybridized carbons (Fsp3) is 0.632. The molecule has 0 amide bonds. The first-order chi connectivity index (χ1) is 11.3. The SMILES string of the molecule is COc1ccc2c(c1)CCCC2CN=C(N)N1CCCCCC1.I. The van der Waals surface area contributed by atoms with Gasteiger partial charge in [0.15, 0.2) is 5.96 Å². The number of halogens is 1. The number of methoxy groups -OCH3 is 1. The summed E-state index contributed by atoms with van der Waals surface area (Å²) in [4.78, 5) is 7.01. The van der Waals surface area contributed by atoms with E-state index in [1.54, 1.807) is 7.11 Å². The van der Waals surface area contributed by atoms with Crippen LogP contribution in [-0.2, 0) is 6.42 Å². The maximum atomic E-state index is 6.26. The van der Waals surface area contributed by atoms with Crippen molar-refractivity contribution in [3.63, 3.8) is 0 Å². The molecule has 5 heteroatoms. The van der Waals surface area contributed by atoms with Crippen molar-refractivity contribution in [3.8, 4) is 5.75 Å². The highest BCUT2D eigenvalue weighted by Crippen LogP contribution is 2.34. The van der Waals surface area contributed by atoms with Gasteiger partial charge in [-0.25, -0.2) is 0 Å². The van der Waals surface area contributed by atoms with Gasteiger partial charge in [0.25, 0.3) is 0 Å². The lowest BCUT2D eigenvalue weighted by molar-refractivity contribution is 0.412. The van der Waals surface area contributed by atoms with Crippen molar-refractivity contribution in [3.05, 3.63) is 29.3 Å². The van der Waals surface area contributed by atoms with Gasteiger partial charge in [-0.15, -0.1) is 24.0 Å². The standard InChI is InChI=1S/C19H29N3O.HI/c1-23-17-9-10-18-15(13-17)7-6-8-16(18)14-21-19(20)22-11-4-2-3-5-12-22;/h9-10,13,16H,2-8,11-12,14H2,1H3,(H2,20,21);1H. The first-order valence-electron chi connectivity index (χ1n) is 8.99. The molecule has 0 bridgehead atoms. The van der Waals surface area contributed by atoms with Crippen LogP contribution in [0.15, 0.2) is 23.2 Å². The monoisotopic (exact) mass is 443 g/mol. The molecule has 1 fully saturated rings. The summed E-state index contributed by atoms with van der Waals surface area (Å²) < 4.78 is 5.35. The zero-order chi connectivity index (χ0) is 16.1. The predicted octanol–water partition coefficient (Wildman–Crippen LogP) is 3.92. The molecule has 4 nitrogen and oxygen atoms in total. The Kier molecular flexibility index (Phi) is 7.65. The second kappa shape index (κ2) is 9.49. The summed E-state index contributed by atoms with van der Waals surface area (Å²) in [7, 11) is 1.73. The molecule has 134 valence electrons. The molecule has 0 spiro atoms. The summed E-state index contributed by atoms with van der Waals surface area (Å²) in [6.45, 7) is 2.93. The Morgan fingerprint density at radius 1 is 1.21 bits per heavy atom. The Bertz CT molecular complexity index is 554. The third-order valence-electron chi connectivity index (χ3n) is 5.19. The first-order valence-corrected chi connectivity index (χ1v) is 8.99. The van der Waals surface area contributed by atoms with E-state index in [1.807, 2.05) is 0 Å². The molecular weight excluding hydrogens is 413 g/mol. The topological polar surface area (TPSA) is 50.9 Å². The van der Waals surface area contributed by atoms with Gasteiger partial charge in [-0.1, -0.05) is 18.9 Å². The van der Waals surface area contributed by atoms with Crippen LogP contribution in [0.1, 0.15) is 55.6 Å². The number of ether oxygens (including phenoxy) is 1. The molecule has 0 aromatic heterocycles. The van der Waals surface area contributed by atoms with Crippen molar-refractivity contribution in [2.24, 2.45) is 10.7 Å². The lowest BCUT2D eigenvalue weighted by atomic mass is 9.83. The van der Waals surface area contributed by atoms with Gasteiger partial charge in [0.2, 0.25) is 0 Å². The van der Waals surface area contributed by atoms with Crippen molar-refractivity contribution < 1.29 is 4.74 Å². The number of guanidine groups is 1. The second-order valence-corrected chi connectivity index (χ2v) is 6.75. The van der Waals surface area contributed by atoms with Crippen LogP contribution < -0.4 is 10.5 Å². The Balaban J connectivity index is 0.00000208. The number of likely N-dealkylation sites (tertiary alicyclic amines) is 1. The lowest BCUT2D eigenvalue weighted by Crippen LogP contribution is -2.38. The number of nitrogens with two attached hydrogens (primary N) is 1. The van der Waals surface area contributed by atoms with Crippen LogP contribution in [0.5, 0.6) is 5.75 Å². The minimum Gasteiger partial charge on any atom is -0.497 e. The summed E-state index contributed by atoms with van der Waals surface area (Å²) >= 11 is 0. The van der Waals surface area contributed by atoms with Crippen LogP contribution in [0.4, 0.5) is 0 Å². The quantitative estimate of drug-likeness (QED) is 0.438. The number of nitrogens with zero attached hydrogens (tertiary/aromatic N) is 2. The van der Waals surface area contributed by atoms with E-state index in [2.05, 4.69) is 23.1 Å². The van der Waals surface area contributed by atoms with E-state index in [0.29, 0.717) is 5.92 Å². The highest BCUT2D eigenvalue weighted by molar-refractivity contribution is 14.0. The van der Waals surface area contributed by atoms with Crippen LogP contribution in [-0.4, -0.2) is 37.6 Å². The van der Waals surface area contributed by atoms with E-state index >= 15 is 0 Å². The maximum absolute atomic E-state index is 6.26.